The lowest BCUT2D eigenvalue weighted by atomic mass is 9.75. The minimum absolute atomic E-state index is 0.181. The summed E-state index contributed by atoms with van der Waals surface area (Å²) in [5, 5.41) is 32.2. The lowest BCUT2D eigenvalue weighted by Gasteiger charge is -2.45. The quantitative estimate of drug-likeness (QED) is 0.375. The molecule has 4 atom stereocenters. The van der Waals surface area contributed by atoms with E-state index >= 15 is 0 Å². The number of nitriles is 1. The van der Waals surface area contributed by atoms with E-state index in [1.54, 1.807) is 6.19 Å². The summed E-state index contributed by atoms with van der Waals surface area (Å²) in [6.45, 7) is 6.27. The smallest absolute Gasteiger partial charge is 0.309 e. The molecule has 2 aliphatic rings. The Morgan fingerprint density at radius 3 is 2.24 bits per heavy atom. The van der Waals surface area contributed by atoms with E-state index in [4.69, 9.17) is 14.2 Å². The van der Waals surface area contributed by atoms with Crippen LogP contribution in [0.4, 0.5) is 0 Å². The fourth-order valence-electron chi connectivity index (χ4n) is 4.90. The van der Waals surface area contributed by atoms with E-state index < -0.39 is 70.7 Å². The number of carbonyl (C=O) groups is 5. The molecular formula is C26H24N2O10. The Kier molecular flexibility index (Phi) is 6.37. The first-order valence-corrected chi connectivity index (χ1v) is 11.6. The molecule has 0 spiro atoms. The molecule has 0 unspecified atom stereocenters. The summed E-state index contributed by atoms with van der Waals surface area (Å²) < 4.78 is 17.1. The zero-order valence-electron chi connectivity index (χ0n) is 21.1. The molecule has 0 amide bonds. The van der Waals surface area contributed by atoms with E-state index in [1.807, 2.05) is 0 Å². The predicted octanol–water partition coefficient (Wildman–Crippen LogP) is 1.84. The zero-order chi connectivity index (χ0) is 28.3. The van der Waals surface area contributed by atoms with Crippen molar-refractivity contribution < 1.29 is 48.4 Å². The Morgan fingerprint density at radius 2 is 1.68 bits per heavy atom. The van der Waals surface area contributed by atoms with Gasteiger partial charge >= 0.3 is 17.9 Å². The van der Waals surface area contributed by atoms with Crippen molar-refractivity contribution in [2.75, 3.05) is 0 Å². The van der Waals surface area contributed by atoms with Crippen LogP contribution >= 0.6 is 0 Å². The number of carbonyl (C=O) groups excluding carboxylic acids is 5. The van der Waals surface area contributed by atoms with Crippen LogP contribution in [-0.2, 0) is 28.6 Å². The van der Waals surface area contributed by atoms with Crippen molar-refractivity contribution in [1.82, 2.24) is 4.57 Å². The van der Waals surface area contributed by atoms with Gasteiger partial charge in [-0.1, -0.05) is 26.0 Å². The maximum absolute atomic E-state index is 13.8. The average Bonchev–Trinajstić information content (AvgIpc) is 3.16. The van der Waals surface area contributed by atoms with Crippen LogP contribution in [0.1, 0.15) is 90.1 Å². The average molecular weight is 524 g/mol. The van der Waals surface area contributed by atoms with Crippen LogP contribution in [0.15, 0.2) is 18.2 Å². The number of rotatable bonds is 4. The van der Waals surface area contributed by atoms with Gasteiger partial charge in [-0.05, 0) is 13.0 Å². The topological polar surface area (TPSA) is 182 Å². The third kappa shape index (κ3) is 3.83. The molecule has 2 aliphatic carbocycles. The first kappa shape index (κ1) is 26.6. The van der Waals surface area contributed by atoms with Gasteiger partial charge < -0.3 is 24.4 Å². The third-order valence-electron chi connectivity index (χ3n) is 6.51. The fourth-order valence-corrected chi connectivity index (χ4v) is 4.90. The molecule has 4 rings (SSSR count). The molecule has 198 valence electrons. The summed E-state index contributed by atoms with van der Waals surface area (Å²) in [4.78, 5) is 64.3. The summed E-state index contributed by atoms with van der Waals surface area (Å²) in [5.41, 5.74) is -4.23. The number of esters is 3. The van der Waals surface area contributed by atoms with Gasteiger partial charge in [-0.3, -0.25) is 24.0 Å². The standard InChI is InChI=1S/C26H24N2O10/c1-10(2)25(34)38-23-19-17(22(36-11(3)29)24(26(23,5)35)37-12(4)30)16-18(28(19)9-27)21(33)15-13(20(16)32)7-6-8-14(15)31/h6-8,10,22-24,31,35H,1-5H3/t22-,23+,24+,26+/m0/s1. The summed E-state index contributed by atoms with van der Waals surface area (Å²) in [6.07, 6.45) is -3.36. The number of phenolic OH excluding ortho intramolecular Hbond substituents is 1. The number of fused-ring (bicyclic) bond motifs is 4. The summed E-state index contributed by atoms with van der Waals surface area (Å²) in [5.74, 6) is -5.49. The molecule has 1 heterocycles. The van der Waals surface area contributed by atoms with Crippen LogP contribution in [0.5, 0.6) is 5.75 Å². The second kappa shape index (κ2) is 9.11. The normalized spacial score (nSPS) is 23.6. The van der Waals surface area contributed by atoms with Gasteiger partial charge in [0.15, 0.2) is 30.3 Å². The van der Waals surface area contributed by atoms with Gasteiger partial charge in [0.05, 0.1) is 22.7 Å². The number of hydrogen-bond donors (Lipinski definition) is 2. The molecule has 1 aromatic carbocycles. The SMILES string of the molecule is CC(=O)O[C@@H]1[C@@H](OC(C)=O)c2c3c(n(C#N)c2[C@@H](OC(=O)C(C)C)[C@@]1(C)O)C(=O)c1c(O)cccc1C3=O. The molecule has 38 heavy (non-hydrogen) atoms. The number of ether oxygens (including phenoxy) is 3. The van der Waals surface area contributed by atoms with Gasteiger partial charge in [-0.2, -0.15) is 5.26 Å². The van der Waals surface area contributed by atoms with Crippen molar-refractivity contribution in [2.45, 2.75) is 58.5 Å². The van der Waals surface area contributed by atoms with Crippen LogP contribution in [0.2, 0.25) is 0 Å². The Bertz CT molecular complexity index is 1460. The van der Waals surface area contributed by atoms with Gasteiger partial charge in [0.2, 0.25) is 5.78 Å². The Morgan fingerprint density at radius 1 is 1.05 bits per heavy atom. The Hall–Kier alpha value is -4.50. The molecule has 1 aromatic heterocycles. The summed E-state index contributed by atoms with van der Waals surface area (Å²) in [6, 6.07) is 3.85. The highest BCUT2D eigenvalue weighted by molar-refractivity contribution is 6.29. The van der Waals surface area contributed by atoms with Crippen molar-refractivity contribution in [3.05, 3.63) is 51.8 Å². The second-order valence-corrected chi connectivity index (χ2v) is 9.57. The highest BCUT2D eigenvalue weighted by Crippen LogP contribution is 2.52. The Balaban J connectivity index is 2.14. The van der Waals surface area contributed by atoms with Gasteiger partial charge in [0.1, 0.15) is 17.0 Å². The molecule has 12 nitrogen and oxygen atoms in total. The second-order valence-electron chi connectivity index (χ2n) is 9.57. The van der Waals surface area contributed by atoms with E-state index in [0.717, 1.165) is 20.8 Å². The van der Waals surface area contributed by atoms with Gasteiger partial charge in [0, 0.05) is 25.0 Å². The van der Waals surface area contributed by atoms with Crippen molar-refractivity contribution in [1.29, 1.82) is 5.26 Å². The molecular weight excluding hydrogens is 500 g/mol. The molecule has 0 fully saturated rings. The van der Waals surface area contributed by atoms with Crippen LogP contribution in [-0.4, -0.2) is 56.0 Å². The van der Waals surface area contributed by atoms with Crippen LogP contribution in [0, 0.1) is 17.4 Å². The number of hydrogen-bond acceptors (Lipinski definition) is 11. The van der Waals surface area contributed by atoms with Crippen molar-refractivity contribution in [2.24, 2.45) is 5.92 Å². The zero-order valence-corrected chi connectivity index (χ0v) is 21.1. The van der Waals surface area contributed by atoms with Crippen LogP contribution < -0.4 is 0 Å². The Labute approximate surface area is 216 Å². The van der Waals surface area contributed by atoms with Crippen molar-refractivity contribution in [3.8, 4) is 11.9 Å². The molecule has 0 saturated heterocycles. The largest absolute Gasteiger partial charge is 0.507 e. The van der Waals surface area contributed by atoms with E-state index in [1.165, 1.54) is 32.0 Å². The van der Waals surface area contributed by atoms with Gasteiger partial charge in [-0.15, -0.1) is 0 Å². The highest BCUT2D eigenvalue weighted by Gasteiger charge is 2.60. The number of aromatic nitrogens is 1. The molecule has 0 saturated carbocycles. The summed E-state index contributed by atoms with van der Waals surface area (Å²) >= 11 is 0. The van der Waals surface area contributed by atoms with Crippen molar-refractivity contribution in [3.63, 3.8) is 0 Å². The number of nitrogens with zero attached hydrogens (tertiary/aromatic N) is 2. The van der Waals surface area contributed by atoms with Crippen molar-refractivity contribution >= 4 is 29.5 Å². The highest BCUT2D eigenvalue weighted by atomic mass is 16.6. The van der Waals surface area contributed by atoms with E-state index in [-0.39, 0.29) is 27.9 Å². The monoisotopic (exact) mass is 524 g/mol. The van der Waals surface area contributed by atoms with E-state index in [2.05, 4.69) is 0 Å². The van der Waals surface area contributed by atoms with E-state index in [0.29, 0.717) is 4.57 Å². The molecule has 0 bridgehead atoms. The van der Waals surface area contributed by atoms with E-state index in [9.17, 15) is 39.4 Å². The lowest BCUT2D eigenvalue weighted by Crippen LogP contribution is -2.56. The minimum Gasteiger partial charge on any atom is -0.507 e. The van der Waals surface area contributed by atoms with Crippen LogP contribution in [0.25, 0.3) is 0 Å². The number of ketones is 2. The molecule has 12 heteroatoms. The number of aliphatic hydroxyl groups is 1. The molecule has 0 radical (unpaired) electrons. The first-order chi connectivity index (χ1) is 17.7. The maximum Gasteiger partial charge on any atom is 0.309 e. The van der Waals surface area contributed by atoms with Gasteiger partial charge in [-0.25, -0.2) is 4.57 Å². The molecule has 0 aliphatic heterocycles. The summed E-state index contributed by atoms with van der Waals surface area (Å²) in [7, 11) is 0. The molecule has 2 aromatic rings. The molecule has 2 N–H and O–H groups in total. The predicted molar refractivity (Wildman–Crippen MR) is 125 cm³/mol. The first-order valence-electron chi connectivity index (χ1n) is 11.6. The fraction of sp³-hybridized carbons (Fsp3) is 0.385. The number of phenols is 1. The van der Waals surface area contributed by atoms with Crippen LogP contribution in [0.3, 0.4) is 0 Å². The maximum atomic E-state index is 13.8. The number of benzene rings is 1. The lowest BCUT2D eigenvalue weighted by molar-refractivity contribution is -0.223. The minimum atomic E-state index is -2.31. The van der Waals surface area contributed by atoms with Gasteiger partial charge in [0.25, 0.3) is 0 Å². The third-order valence-corrected chi connectivity index (χ3v) is 6.51. The number of aromatic hydroxyl groups is 1.